The van der Waals surface area contributed by atoms with Crippen molar-refractivity contribution in [1.29, 1.82) is 0 Å². The molecule has 0 aliphatic heterocycles. The van der Waals surface area contributed by atoms with Crippen molar-refractivity contribution in [2.75, 3.05) is 5.32 Å². The molecule has 0 radical (unpaired) electrons. The maximum atomic E-state index is 11.2. The fourth-order valence-corrected chi connectivity index (χ4v) is 2.23. The Morgan fingerprint density at radius 2 is 2.21 bits per heavy atom. The molecular formula is C14H14N4O. The molecule has 0 fully saturated rings. The molecular weight excluding hydrogens is 240 g/mol. The Bertz CT molecular complexity index is 740. The summed E-state index contributed by atoms with van der Waals surface area (Å²) in [7, 11) is 1.96. The molecule has 0 unspecified atom stereocenters. The highest BCUT2D eigenvalue weighted by atomic mass is 16.1. The van der Waals surface area contributed by atoms with E-state index in [1.165, 1.54) is 6.92 Å². The molecule has 2 aromatic heterocycles. The number of aryl methyl sites for hydroxylation is 1. The molecule has 0 spiro atoms. The van der Waals surface area contributed by atoms with Crippen molar-refractivity contribution in [1.82, 2.24) is 14.1 Å². The van der Waals surface area contributed by atoms with Crippen LogP contribution in [0.25, 0.3) is 16.6 Å². The van der Waals surface area contributed by atoms with Gasteiger partial charge in [0, 0.05) is 43.6 Å². The number of rotatable bonds is 2. The van der Waals surface area contributed by atoms with Crippen molar-refractivity contribution in [3.63, 3.8) is 0 Å². The number of hydrogen-bond donors (Lipinski definition) is 1. The van der Waals surface area contributed by atoms with Crippen molar-refractivity contribution in [2.45, 2.75) is 6.92 Å². The van der Waals surface area contributed by atoms with Crippen molar-refractivity contribution < 1.29 is 4.79 Å². The van der Waals surface area contributed by atoms with Crippen molar-refractivity contribution in [3.05, 3.63) is 43.1 Å². The van der Waals surface area contributed by atoms with Crippen LogP contribution in [0.4, 0.5) is 5.69 Å². The molecule has 0 aliphatic carbocycles. The van der Waals surface area contributed by atoms with Crippen LogP contribution in [0.3, 0.4) is 0 Å². The van der Waals surface area contributed by atoms with Crippen LogP contribution in [0.5, 0.6) is 0 Å². The molecule has 5 nitrogen and oxygen atoms in total. The minimum Gasteiger partial charge on any atom is -0.348 e. The van der Waals surface area contributed by atoms with Gasteiger partial charge in [-0.2, -0.15) is 0 Å². The Hall–Kier alpha value is -2.56. The summed E-state index contributed by atoms with van der Waals surface area (Å²) in [6, 6.07) is 6.09. The molecule has 0 bridgehead atoms. The first-order valence-electron chi connectivity index (χ1n) is 6.00. The third-order valence-corrected chi connectivity index (χ3v) is 3.09. The molecule has 19 heavy (non-hydrogen) atoms. The Morgan fingerprint density at radius 1 is 1.37 bits per heavy atom. The summed E-state index contributed by atoms with van der Waals surface area (Å²) in [6.07, 6.45) is 7.33. The Balaban J connectivity index is 2.14. The van der Waals surface area contributed by atoms with E-state index in [0.29, 0.717) is 0 Å². The molecule has 0 saturated heterocycles. The summed E-state index contributed by atoms with van der Waals surface area (Å²) >= 11 is 0. The van der Waals surface area contributed by atoms with Gasteiger partial charge in [0.05, 0.1) is 17.5 Å². The second kappa shape index (κ2) is 4.28. The van der Waals surface area contributed by atoms with Crippen LogP contribution in [-0.4, -0.2) is 20.0 Å². The fraction of sp³-hybridized carbons (Fsp3) is 0.143. The van der Waals surface area contributed by atoms with E-state index in [1.807, 2.05) is 40.7 Å². The maximum Gasteiger partial charge on any atom is 0.221 e. The van der Waals surface area contributed by atoms with E-state index in [2.05, 4.69) is 16.4 Å². The van der Waals surface area contributed by atoms with E-state index in [0.717, 1.165) is 22.3 Å². The van der Waals surface area contributed by atoms with Crippen molar-refractivity contribution >= 4 is 22.5 Å². The lowest BCUT2D eigenvalue weighted by Crippen LogP contribution is -2.04. The van der Waals surface area contributed by atoms with Gasteiger partial charge >= 0.3 is 0 Å². The molecule has 1 aromatic carbocycles. The summed E-state index contributed by atoms with van der Waals surface area (Å²) in [5.74, 6) is -0.0637. The van der Waals surface area contributed by atoms with Gasteiger partial charge in [0.1, 0.15) is 0 Å². The van der Waals surface area contributed by atoms with Gasteiger partial charge in [-0.3, -0.25) is 4.79 Å². The number of benzene rings is 1. The maximum absolute atomic E-state index is 11.2. The number of nitrogens with zero attached hydrogens (tertiary/aromatic N) is 3. The van der Waals surface area contributed by atoms with Gasteiger partial charge in [-0.05, 0) is 18.2 Å². The van der Waals surface area contributed by atoms with Gasteiger partial charge in [0.25, 0.3) is 0 Å². The SMILES string of the molecule is CC(=O)Nc1cn(C)c2cc(-n3ccnc3)ccc12. The smallest absolute Gasteiger partial charge is 0.221 e. The van der Waals surface area contributed by atoms with E-state index in [1.54, 1.807) is 12.5 Å². The predicted molar refractivity (Wildman–Crippen MR) is 74.3 cm³/mol. The number of nitrogens with one attached hydrogen (secondary N) is 1. The lowest BCUT2D eigenvalue weighted by molar-refractivity contribution is -0.114. The molecule has 3 aromatic rings. The number of hydrogen-bond acceptors (Lipinski definition) is 2. The summed E-state index contributed by atoms with van der Waals surface area (Å²) in [4.78, 5) is 15.2. The number of aromatic nitrogens is 3. The Morgan fingerprint density at radius 3 is 2.89 bits per heavy atom. The number of imidazole rings is 1. The van der Waals surface area contributed by atoms with Crippen molar-refractivity contribution in [3.8, 4) is 5.69 Å². The van der Waals surface area contributed by atoms with Gasteiger partial charge < -0.3 is 14.5 Å². The van der Waals surface area contributed by atoms with E-state index in [4.69, 9.17) is 0 Å². The Labute approximate surface area is 110 Å². The zero-order chi connectivity index (χ0) is 13.4. The summed E-state index contributed by atoms with van der Waals surface area (Å²) in [5, 5.41) is 3.87. The first kappa shape index (κ1) is 11.5. The van der Waals surface area contributed by atoms with E-state index in [-0.39, 0.29) is 5.91 Å². The van der Waals surface area contributed by atoms with E-state index in [9.17, 15) is 4.79 Å². The van der Waals surface area contributed by atoms with Gasteiger partial charge in [-0.1, -0.05) is 0 Å². The molecule has 5 heteroatoms. The average molecular weight is 254 g/mol. The van der Waals surface area contributed by atoms with Crippen molar-refractivity contribution in [2.24, 2.45) is 7.05 Å². The topological polar surface area (TPSA) is 51.9 Å². The van der Waals surface area contributed by atoms with Crippen LogP contribution in [0.1, 0.15) is 6.92 Å². The molecule has 3 rings (SSSR count). The van der Waals surface area contributed by atoms with Gasteiger partial charge in [0.15, 0.2) is 0 Å². The highest BCUT2D eigenvalue weighted by Crippen LogP contribution is 2.27. The Kier molecular flexibility index (Phi) is 2.59. The lowest BCUT2D eigenvalue weighted by Gasteiger charge is -2.04. The van der Waals surface area contributed by atoms with Gasteiger partial charge in [0.2, 0.25) is 5.91 Å². The summed E-state index contributed by atoms with van der Waals surface area (Å²) in [6.45, 7) is 1.51. The molecule has 0 aliphatic rings. The zero-order valence-electron chi connectivity index (χ0n) is 10.8. The summed E-state index contributed by atoms with van der Waals surface area (Å²) in [5.41, 5.74) is 2.94. The normalized spacial score (nSPS) is 10.8. The van der Waals surface area contributed by atoms with Crippen LogP contribution in [0.2, 0.25) is 0 Å². The van der Waals surface area contributed by atoms with Crippen LogP contribution < -0.4 is 5.32 Å². The lowest BCUT2D eigenvalue weighted by atomic mass is 10.2. The third-order valence-electron chi connectivity index (χ3n) is 3.09. The monoisotopic (exact) mass is 254 g/mol. The van der Waals surface area contributed by atoms with E-state index >= 15 is 0 Å². The standard InChI is InChI=1S/C14H14N4O/c1-10(19)16-13-8-17(2)14-7-11(3-4-12(13)14)18-6-5-15-9-18/h3-9H,1-2H3,(H,16,19). The average Bonchev–Trinajstić information content (AvgIpc) is 2.98. The van der Waals surface area contributed by atoms with Crippen LogP contribution >= 0.6 is 0 Å². The number of anilines is 1. The van der Waals surface area contributed by atoms with Crippen LogP contribution in [0.15, 0.2) is 43.1 Å². The first-order chi connectivity index (χ1) is 9.15. The van der Waals surface area contributed by atoms with Gasteiger partial charge in [-0.15, -0.1) is 0 Å². The zero-order valence-corrected chi connectivity index (χ0v) is 10.8. The minimum absolute atomic E-state index is 0.0637. The number of carbonyl (C=O) groups is 1. The minimum atomic E-state index is -0.0637. The van der Waals surface area contributed by atoms with Gasteiger partial charge in [-0.25, -0.2) is 4.98 Å². The quantitative estimate of drug-likeness (QED) is 0.763. The fourth-order valence-electron chi connectivity index (χ4n) is 2.23. The second-order valence-corrected chi connectivity index (χ2v) is 4.51. The predicted octanol–water partition coefficient (Wildman–Crippen LogP) is 2.32. The van der Waals surface area contributed by atoms with E-state index < -0.39 is 0 Å². The van der Waals surface area contributed by atoms with Crippen LogP contribution in [-0.2, 0) is 11.8 Å². The molecule has 96 valence electrons. The summed E-state index contributed by atoms with van der Waals surface area (Å²) < 4.78 is 3.95. The highest BCUT2D eigenvalue weighted by molar-refractivity contribution is 6.01. The highest BCUT2D eigenvalue weighted by Gasteiger charge is 2.08. The number of fused-ring (bicyclic) bond motifs is 1. The number of carbonyl (C=O) groups excluding carboxylic acids is 1. The first-order valence-corrected chi connectivity index (χ1v) is 6.00. The second-order valence-electron chi connectivity index (χ2n) is 4.51. The number of amides is 1. The molecule has 0 saturated carbocycles. The molecule has 2 heterocycles. The van der Waals surface area contributed by atoms with Crippen LogP contribution in [0, 0.1) is 0 Å². The molecule has 1 amide bonds. The third kappa shape index (κ3) is 1.99. The molecule has 1 N–H and O–H groups in total. The molecule has 0 atom stereocenters. The largest absolute Gasteiger partial charge is 0.348 e.